The van der Waals surface area contributed by atoms with Crippen LogP contribution in [-0.4, -0.2) is 58.3 Å². The molecule has 26 heavy (non-hydrogen) atoms. The highest BCUT2D eigenvalue weighted by atomic mass is 15.3. The van der Waals surface area contributed by atoms with E-state index in [0.717, 1.165) is 38.4 Å². The lowest BCUT2D eigenvalue weighted by atomic mass is 10.0. The van der Waals surface area contributed by atoms with E-state index >= 15 is 0 Å². The summed E-state index contributed by atoms with van der Waals surface area (Å²) in [7, 11) is 4.19. The first-order valence-corrected chi connectivity index (χ1v) is 9.43. The zero-order valence-corrected chi connectivity index (χ0v) is 15.7. The normalized spacial score (nSPS) is 18.2. The van der Waals surface area contributed by atoms with Crippen LogP contribution in [0.15, 0.2) is 48.7 Å². The van der Waals surface area contributed by atoms with Crippen molar-refractivity contribution in [3.05, 3.63) is 59.9 Å². The van der Waals surface area contributed by atoms with Crippen molar-refractivity contribution >= 4 is 11.0 Å². The third-order valence-electron chi connectivity index (χ3n) is 5.20. The summed E-state index contributed by atoms with van der Waals surface area (Å²) in [5, 5.41) is 6.21. The lowest BCUT2D eigenvalue weighted by Gasteiger charge is -2.15. The van der Waals surface area contributed by atoms with Gasteiger partial charge in [0.15, 0.2) is 5.65 Å². The van der Waals surface area contributed by atoms with E-state index in [2.05, 4.69) is 70.0 Å². The minimum Gasteiger partial charge on any atom is -0.308 e. The molecule has 3 aromatic rings. The monoisotopic (exact) mass is 349 g/mol. The molecule has 5 nitrogen and oxygen atoms in total. The summed E-state index contributed by atoms with van der Waals surface area (Å²) >= 11 is 0. The molecule has 1 fully saturated rings. The summed E-state index contributed by atoms with van der Waals surface area (Å²) in [6.45, 7) is 5.07. The molecule has 136 valence electrons. The van der Waals surface area contributed by atoms with Gasteiger partial charge in [0.05, 0.1) is 12.2 Å². The summed E-state index contributed by atoms with van der Waals surface area (Å²) in [6.07, 6.45) is 3.04. The van der Waals surface area contributed by atoms with Gasteiger partial charge in [-0.25, -0.2) is 9.67 Å². The molecule has 2 aromatic heterocycles. The molecule has 1 saturated heterocycles. The van der Waals surface area contributed by atoms with Gasteiger partial charge in [0, 0.05) is 37.1 Å². The molecular formula is C21H27N5. The maximum atomic E-state index is 4.99. The van der Waals surface area contributed by atoms with Crippen molar-refractivity contribution in [3.8, 4) is 0 Å². The van der Waals surface area contributed by atoms with E-state index in [-0.39, 0.29) is 0 Å². The molecule has 0 unspecified atom stereocenters. The SMILES string of the molecule is CN(C)CCn1nc([C@H]2CCN(Cc3ccccc3)C2)c2cccnc21. The van der Waals surface area contributed by atoms with Crippen LogP contribution in [0.5, 0.6) is 0 Å². The molecule has 1 aromatic carbocycles. The van der Waals surface area contributed by atoms with Crippen molar-refractivity contribution in [2.75, 3.05) is 33.7 Å². The quantitative estimate of drug-likeness (QED) is 0.686. The second-order valence-corrected chi connectivity index (χ2v) is 7.49. The number of rotatable bonds is 6. The highest BCUT2D eigenvalue weighted by Crippen LogP contribution is 2.31. The summed E-state index contributed by atoms with van der Waals surface area (Å²) < 4.78 is 2.09. The fraction of sp³-hybridized carbons (Fsp3) is 0.429. The number of pyridine rings is 1. The van der Waals surface area contributed by atoms with E-state index in [9.17, 15) is 0 Å². The smallest absolute Gasteiger partial charge is 0.158 e. The van der Waals surface area contributed by atoms with E-state index in [0.29, 0.717) is 5.92 Å². The molecule has 1 aliphatic heterocycles. The molecule has 0 bridgehead atoms. The fourth-order valence-electron chi connectivity index (χ4n) is 3.83. The summed E-state index contributed by atoms with van der Waals surface area (Å²) in [5.74, 6) is 0.492. The highest BCUT2D eigenvalue weighted by Gasteiger charge is 2.28. The molecule has 0 spiro atoms. The third kappa shape index (κ3) is 3.64. The van der Waals surface area contributed by atoms with Crippen molar-refractivity contribution in [1.82, 2.24) is 24.6 Å². The van der Waals surface area contributed by atoms with Crippen LogP contribution >= 0.6 is 0 Å². The predicted octanol–water partition coefficient (Wildman–Crippen LogP) is 2.98. The Labute approximate surface area is 155 Å². The predicted molar refractivity (Wildman–Crippen MR) is 105 cm³/mol. The Balaban J connectivity index is 1.53. The topological polar surface area (TPSA) is 37.2 Å². The van der Waals surface area contributed by atoms with Crippen LogP contribution in [0.1, 0.15) is 23.6 Å². The molecule has 0 radical (unpaired) electrons. The first kappa shape index (κ1) is 17.2. The second-order valence-electron chi connectivity index (χ2n) is 7.49. The van der Waals surface area contributed by atoms with Crippen molar-refractivity contribution in [1.29, 1.82) is 0 Å². The van der Waals surface area contributed by atoms with Crippen LogP contribution in [-0.2, 0) is 13.1 Å². The summed E-state index contributed by atoms with van der Waals surface area (Å²) in [5.41, 5.74) is 3.63. The number of likely N-dealkylation sites (tertiary alicyclic amines) is 1. The van der Waals surface area contributed by atoms with Gasteiger partial charge in [-0.15, -0.1) is 0 Å². The number of aromatic nitrogens is 3. The van der Waals surface area contributed by atoms with Crippen molar-refractivity contribution in [2.45, 2.75) is 25.4 Å². The van der Waals surface area contributed by atoms with Gasteiger partial charge in [-0.2, -0.15) is 5.10 Å². The minimum atomic E-state index is 0.492. The highest BCUT2D eigenvalue weighted by molar-refractivity contribution is 5.78. The zero-order valence-electron chi connectivity index (χ0n) is 15.7. The Morgan fingerprint density at radius 3 is 2.77 bits per heavy atom. The molecule has 0 saturated carbocycles. The van der Waals surface area contributed by atoms with E-state index in [4.69, 9.17) is 5.10 Å². The fourth-order valence-corrected chi connectivity index (χ4v) is 3.83. The number of likely N-dealkylation sites (N-methyl/N-ethyl adjacent to an activating group) is 1. The lowest BCUT2D eigenvalue weighted by molar-refractivity contribution is 0.326. The molecule has 3 heterocycles. The molecule has 1 aliphatic rings. The minimum absolute atomic E-state index is 0.492. The van der Waals surface area contributed by atoms with E-state index in [1.54, 1.807) is 0 Å². The van der Waals surface area contributed by atoms with Crippen LogP contribution < -0.4 is 0 Å². The maximum absolute atomic E-state index is 4.99. The number of nitrogens with zero attached hydrogens (tertiary/aromatic N) is 5. The molecule has 5 heteroatoms. The maximum Gasteiger partial charge on any atom is 0.158 e. The average molecular weight is 349 g/mol. The number of hydrogen-bond donors (Lipinski definition) is 0. The Morgan fingerprint density at radius 1 is 1.12 bits per heavy atom. The van der Waals surface area contributed by atoms with Gasteiger partial charge in [-0.3, -0.25) is 4.90 Å². The first-order chi connectivity index (χ1) is 12.7. The van der Waals surface area contributed by atoms with E-state index in [1.807, 2.05) is 12.3 Å². The van der Waals surface area contributed by atoms with Crippen LogP contribution in [0.3, 0.4) is 0 Å². The number of benzene rings is 1. The van der Waals surface area contributed by atoms with Gasteiger partial charge in [0.1, 0.15) is 0 Å². The van der Waals surface area contributed by atoms with Gasteiger partial charge in [-0.05, 0) is 44.8 Å². The standard InChI is InChI=1S/C21H27N5/c1-24(2)13-14-26-21-19(9-6-11-22-21)20(23-26)18-10-12-25(16-18)15-17-7-4-3-5-8-17/h3-9,11,18H,10,12-16H2,1-2H3/t18-/m0/s1. The van der Waals surface area contributed by atoms with Crippen LogP contribution in [0.25, 0.3) is 11.0 Å². The Bertz CT molecular complexity index is 855. The molecule has 0 N–H and O–H groups in total. The van der Waals surface area contributed by atoms with Gasteiger partial charge in [-0.1, -0.05) is 30.3 Å². The van der Waals surface area contributed by atoms with E-state index in [1.165, 1.54) is 23.1 Å². The van der Waals surface area contributed by atoms with Crippen molar-refractivity contribution in [3.63, 3.8) is 0 Å². The van der Waals surface area contributed by atoms with Crippen LogP contribution in [0.2, 0.25) is 0 Å². The molecule has 4 rings (SSSR count). The van der Waals surface area contributed by atoms with Gasteiger partial charge >= 0.3 is 0 Å². The van der Waals surface area contributed by atoms with Crippen molar-refractivity contribution < 1.29 is 0 Å². The lowest BCUT2D eigenvalue weighted by Crippen LogP contribution is -2.20. The summed E-state index contributed by atoms with van der Waals surface area (Å²) in [4.78, 5) is 9.34. The molecule has 0 aliphatic carbocycles. The summed E-state index contributed by atoms with van der Waals surface area (Å²) in [6, 6.07) is 14.9. The number of fused-ring (bicyclic) bond motifs is 1. The second kappa shape index (κ2) is 7.56. The van der Waals surface area contributed by atoms with E-state index < -0.39 is 0 Å². The van der Waals surface area contributed by atoms with Crippen LogP contribution in [0, 0.1) is 0 Å². The van der Waals surface area contributed by atoms with Gasteiger partial charge in [0.25, 0.3) is 0 Å². The zero-order chi connectivity index (χ0) is 17.9. The largest absolute Gasteiger partial charge is 0.308 e. The van der Waals surface area contributed by atoms with Crippen molar-refractivity contribution in [2.24, 2.45) is 0 Å². The van der Waals surface area contributed by atoms with Gasteiger partial charge in [0.2, 0.25) is 0 Å². The number of hydrogen-bond acceptors (Lipinski definition) is 4. The Hall–Kier alpha value is -2.24. The third-order valence-corrected chi connectivity index (χ3v) is 5.20. The molecular weight excluding hydrogens is 322 g/mol. The van der Waals surface area contributed by atoms with Crippen LogP contribution in [0.4, 0.5) is 0 Å². The van der Waals surface area contributed by atoms with Gasteiger partial charge < -0.3 is 4.90 Å². The Kier molecular flexibility index (Phi) is 5.00. The Morgan fingerprint density at radius 2 is 1.96 bits per heavy atom. The molecule has 1 atom stereocenters. The average Bonchev–Trinajstić information content (AvgIpc) is 3.25. The molecule has 0 amide bonds. The first-order valence-electron chi connectivity index (χ1n) is 9.43.